The fourth-order valence-electron chi connectivity index (χ4n) is 4.26. The number of carbonyl (C=O) groups excluding carboxylic acids is 1. The van der Waals surface area contributed by atoms with Gasteiger partial charge in [0.05, 0.1) is 46.3 Å². The third-order valence-corrected chi connectivity index (χ3v) is 6.03. The van der Waals surface area contributed by atoms with E-state index in [9.17, 15) is 4.79 Å². The maximum absolute atomic E-state index is 13.7. The second-order valence-corrected chi connectivity index (χ2v) is 8.26. The first-order valence-corrected chi connectivity index (χ1v) is 10.6. The zero-order chi connectivity index (χ0) is 20.1. The van der Waals surface area contributed by atoms with Crippen molar-refractivity contribution in [2.75, 3.05) is 0 Å². The zero-order valence-corrected chi connectivity index (χ0v) is 16.6. The summed E-state index contributed by atoms with van der Waals surface area (Å²) in [4.78, 5) is 13.7. The van der Waals surface area contributed by atoms with Crippen molar-refractivity contribution in [3.63, 3.8) is 0 Å². The Morgan fingerprint density at radius 2 is 1.07 bits per heavy atom. The van der Waals surface area contributed by atoms with Crippen molar-refractivity contribution >= 4 is 5.78 Å². The van der Waals surface area contributed by atoms with E-state index in [2.05, 4.69) is 10.2 Å². The van der Waals surface area contributed by atoms with Gasteiger partial charge < -0.3 is 0 Å². The van der Waals surface area contributed by atoms with Crippen LogP contribution >= 0.6 is 0 Å². The molecule has 0 unspecified atom stereocenters. The minimum absolute atomic E-state index is 0.0446. The van der Waals surface area contributed by atoms with Gasteiger partial charge in [0.2, 0.25) is 0 Å². The Labute approximate surface area is 175 Å². The molecule has 2 fully saturated rings. The monoisotopic (exact) mass is 394 g/mol. The minimum Gasteiger partial charge on any atom is -0.288 e. The third-order valence-electron chi connectivity index (χ3n) is 6.03. The number of para-hydroxylation sites is 2. The number of rotatable bonds is 6. The van der Waals surface area contributed by atoms with E-state index in [4.69, 9.17) is 0 Å². The predicted octanol–water partition coefficient (Wildman–Crippen LogP) is 5.04. The standard InChI is InChI=1S/C25H22N4O/c30-25(21-15-26-28(23(21)17-11-12-17)19-7-3-1-4-8-19)22-16-27-29(24(22)18-13-14-18)20-9-5-2-6-10-20/h1-10,15-18H,11-14H2. The molecule has 5 heteroatoms. The number of hydrogen-bond donors (Lipinski definition) is 0. The van der Waals surface area contributed by atoms with Crippen molar-refractivity contribution in [1.82, 2.24) is 19.6 Å². The lowest BCUT2D eigenvalue weighted by molar-refractivity contribution is 0.103. The summed E-state index contributed by atoms with van der Waals surface area (Å²) in [5.74, 6) is 0.851. The van der Waals surface area contributed by atoms with Gasteiger partial charge in [-0.25, -0.2) is 9.36 Å². The molecule has 0 atom stereocenters. The van der Waals surface area contributed by atoms with Crippen molar-refractivity contribution in [1.29, 1.82) is 0 Å². The van der Waals surface area contributed by atoms with Crippen LogP contribution in [0.3, 0.4) is 0 Å². The topological polar surface area (TPSA) is 52.7 Å². The molecule has 2 aliphatic rings. The van der Waals surface area contributed by atoms with Crippen LogP contribution in [0.1, 0.15) is 64.8 Å². The van der Waals surface area contributed by atoms with E-state index >= 15 is 0 Å². The van der Waals surface area contributed by atoms with Gasteiger partial charge in [-0.1, -0.05) is 36.4 Å². The summed E-state index contributed by atoms with van der Waals surface area (Å²) in [7, 11) is 0. The van der Waals surface area contributed by atoms with Crippen LogP contribution in [-0.4, -0.2) is 25.3 Å². The number of benzene rings is 2. The summed E-state index contributed by atoms with van der Waals surface area (Å²) in [6.45, 7) is 0. The van der Waals surface area contributed by atoms with E-state index in [1.165, 1.54) is 0 Å². The lowest BCUT2D eigenvalue weighted by Gasteiger charge is -2.10. The van der Waals surface area contributed by atoms with Crippen LogP contribution in [-0.2, 0) is 0 Å². The van der Waals surface area contributed by atoms with Crippen LogP contribution in [0.15, 0.2) is 73.1 Å². The van der Waals surface area contributed by atoms with Gasteiger partial charge in [-0.3, -0.25) is 4.79 Å². The highest BCUT2D eigenvalue weighted by Gasteiger charge is 2.37. The molecular formula is C25H22N4O. The van der Waals surface area contributed by atoms with E-state index in [1.54, 1.807) is 12.4 Å². The quantitative estimate of drug-likeness (QED) is 0.430. The average molecular weight is 394 g/mol. The van der Waals surface area contributed by atoms with Gasteiger partial charge in [-0.05, 0) is 49.9 Å². The molecule has 0 N–H and O–H groups in total. The van der Waals surface area contributed by atoms with Gasteiger partial charge in [-0.2, -0.15) is 10.2 Å². The van der Waals surface area contributed by atoms with E-state index in [0.29, 0.717) is 11.8 Å². The van der Waals surface area contributed by atoms with E-state index in [0.717, 1.165) is 59.6 Å². The molecule has 2 heterocycles. The smallest absolute Gasteiger partial charge is 0.199 e. The molecule has 2 aromatic carbocycles. The molecule has 30 heavy (non-hydrogen) atoms. The predicted molar refractivity (Wildman–Crippen MR) is 115 cm³/mol. The number of aromatic nitrogens is 4. The number of ketones is 1. The molecule has 0 amide bonds. The fraction of sp³-hybridized carbons (Fsp3) is 0.240. The molecular weight excluding hydrogens is 372 g/mol. The molecule has 2 saturated carbocycles. The van der Waals surface area contributed by atoms with Crippen molar-refractivity contribution in [2.45, 2.75) is 37.5 Å². The second kappa shape index (κ2) is 6.80. The Hall–Kier alpha value is -3.47. The lowest BCUT2D eigenvalue weighted by atomic mass is 10.0. The molecule has 4 aromatic rings. The Morgan fingerprint density at radius 1 is 0.667 bits per heavy atom. The first kappa shape index (κ1) is 17.4. The number of hydrogen-bond acceptors (Lipinski definition) is 3. The minimum atomic E-state index is 0.0446. The van der Waals surface area contributed by atoms with Crippen LogP contribution in [0.5, 0.6) is 0 Å². The molecule has 6 rings (SSSR count). The normalized spacial score (nSPS) is 16.0. The number of carbonyl (C=O) groups is 1. The van der Waals surface area contributed by atoms with Crippen molar-refractivity contribution in [2.24, 2.45) is 0 Å². The molecule has 0 spiro atoms. The van der Waals surface area contributed by atoms with Gasteiger partial charge in [0.25, 0.3) is 0 Å². The van der Waals surface area contributed by atoms with Crippen molar-refractivity contribution in [3.8, 4) is 11.4 Å². The third kappa shape index (κ3) is 2.89. The molecule has 5 nitrogen and oxygen atoms in total. The summed E-state index contributed by atoms with van der Waals surface area (Å²) in [6.07, 6.45) is 7.93. The highest BCUT2D eigenvalue weighted by molar-refractivity contribution is 6.10. The second-order valence-electron chi connectivity index (χ2n) is 8.26. The maximum Gasteiger partial charge on any atom is 0.199 e. The number of nitrogens with zero attached hydrogens (tertiary/aromatic N) is 4. The SMILES string of the molecule is O=C(c1cnn(-c2ccccc2)c1C1CC1)c1cnn(-c2ccccc2)c1C1CC1. The van der Waals surface area contributed by atoms with Crippen molar-refractivity contribution in [3.05, 3.63) is 95.6 Å². The Bertz CT molecular complexity index is 1120. The molecule has 2 aliphatic carbocycles. The van der Waals surface area contributed by atoms with Gasteiger partial charge in [0.1, 0.15) is 0 Å². The van der Waals surface area contributed by atoms with E-state index in [-0.39, 0.29) is 5.78 Å². The first-order chi connectivity index (χ1) is 14.8. The highest BCUT2D eigenvalue weighted by Crippen LogP contribution is 2.45. The van der Waals surface area contributed by atoms with E-state index in [1.807, 2.05) is 70.0 Å². The van der Waals surface area contributed by atoms with Crippen LogP contribution < -0.4 is 0 Å². The molecule has 0 bridgehead atoms. The lowest BCUT2D eigenvalue weighted by Crippen LogP contribution is -2.10. The largest absolute Gasteiger partial charge is 0.288 e. The van der Waals surface area contributed by atoms with Crippen molar-refractivity contribution < 1.29 is 4.79 Å². The van der Waals surface area contributed by atoms with Crippen LogP contribution in [0.4, 0.5) is 0 Å². The summed E-state index contributed by atoms with van der Waals surface area (Å²) < 4.78 is 3.90. The molecule has 2 aromatic heterocycles. The summed E-state index contributed by atoms with van der Waals surface area (Å²) >= 11 is 0. The van der Waals surface area contributed by atoms with Crippen LogP contribution in [0, 0.1) is 0 Å². The highest BCUT2D eigenvalue weighted by atomic mass is 16.1. The van der Waals surface area contributed by atoms with Crippen LogP contribution in [0.25, 0.3) is 11.4 Å². The zero-order valence-electron chi connectivity index (χ0n) is 16.6. The van der Waals surface area contributed by atoms with E-state index < -0.39 is 0 Å². The van der Waals surface area contributed by atoms with Gasteiger partial charge in [-0.15, -0.1) is 0 Å². The van der Waals surface area contributed by atoms with Gasteiger partial charge >= 0.3 is 0 Å². The molecule has 0 radical (unpaired) electrons. The van der Waals surface area contributed by atoms with Gasteiger partial charge in [0, 0.05) is 11.8 Å². The molecule has 0 saturated heterocycles. The maximum atomic E-state index is 13.7. The summed E-state index contributed by atoms with van der Waals surface area (Å²) in [5, 5.41) is 9.24. The average Bonchev–Trinajstić information content (AvgIpc) is 3.74. The fourth-order valence-corrected chi connectivity index (χ4v) is 4.26. The Balaban J connectivity index is 1.46. The Morgan fingerprint density at radius 3 is 1.43 bits per heavy atom. The van der Waals surface area contributed by atoms with Crippen LogP contribution in [0.2, 0.25) is 0 Å². The Kier molecular flexibility index (Phi) is 3.94. The molecule has 0 aliphatic heterocycles. The summed E-state index contributed by atoms with van der Waals surface area (Å²) in [5.41, 5.74) is 5.52. The molecule has 148 valence electrons. The first-order valence-electron chi connectivity index (χ1n) is 10.6. The van der Waals surface area contributed by atoms with Gasteiger partial charge in [0.15, 0.2) is 5.78 Å². The summed E-state index contributed by atoms with van der Waals surface area (Å²) in [6, 6.07) is 20.2.